The van der Waals surface area contributed by atoms with E-state index in [4.69, 9.17) is 5.11 Å². The van der Waals surface area contributed by atoms with Crippen molar-refractivity contribution < 1.29 is 9.90 Å². The molecule has 0 aromatic carbocycles. The number of aliphatic hydroxyl groups excluding tert-OH is 1. The van der Waals surface area contributed by atoms with Crippen LogP contribution in [-0.2, 0) is 6.42 Å². The van der Waals surface area contributed by atoms with Gasteiger partial charge in [-0.3, -0.25) is 4.79 Å². The number of aromatic nitrogens is 2. The molecule has 0 unspecified atom stereocenters. The molecule has 0 fully saturated rings. The van der Waals surface area contributed by atoms with Crippen LogP contribution in [0.5, 0.6) is 0 Å². The topological polar surface area (TPSA) is 75.1 Å². The molecule has 0 saturated heterocycles. The normalized spacial score (nSPS) is 12.8. The van der Waals surface area contributed by atoms with Crippen LogP contribution in [-0.4, -0.2) is 33.2 Å². The maximum Gasteiger partial charge on any atom is 0.265 e. The van der Waals surface area contributed by atoms with E-state index in [-0.39, 0.29) is 24.5 Å². The maximum absolute atomic E-state index is 11.9. The highest BCUT2D eigenvalue weighted by atomic mass is 32.1. The van der Waals surface area contributed by atoms with Crippen LogP contribution in [0.15, 0.2) is 0 Å². The summed E-state index contributed by atoms with van der Waals surface area (Å²) in [4.78, 5) is 12.4. The zero-order valence-electron chi connectivity index (χ0n) is 9.73. The molecular formula is C10H17N3O2S. The lowest BCUT2D eigenvalue weighted by Crippen LogP contribution is -2.41. The van der Waals surface area contributed by atoms with Crippen molar-refractivity contribution in [2.45, 2.75) is 33.2 Å². The van der Waals surface area contributed by atoms with Gasteiger partial charge >= 0.3 is 0 Å². The van der Waals surface area contributed by atoms with Crippen molar-refractivity contribution in [1.29, 1.82) is 0 Å². The van der Waals surface area contributed by atoms with Crippen LogP contribution >= 0.6 is 11.5 Å². The van der Waals surface area contributed by atoms with Crippen molar-refractivity contribution in [3.63, 3.8) is 0 Å². The van der Waals surface area contributed by atoms with Crippen molar-refractivity contribution >= 4 is 17.4 Å². The summed E-state index contributed by atoms with van der Waals surface area (Å²) in [6, 6.07) is -0.223. The molecule has 0 saturated carbocycles. The van der Waals surface area contributed by atoms with Gasteiger partial charge in [0.1, 0.15) is 4.88 Å². The van der Waals surface area contributed by atoms with E-state index in [2.05, 4.69) is 14.9 Å². The van der Waals surface area contributed by atoms with Crippen LogP contribution < -0.4 is 5.32 Å². The molecule has 5 nitrogen and oxygen atoms in total. The predicted octanol–water partition coefficient (Wildman–Crippen LogP) is 0.847. The van der Waals surface area contributed by atoms with Gasteiger partial charge in [0.15, 0.2) is 0 Å². The number of rotatable bonds is 5. The van der Waals surface area contributed by atoms with Gasteiger partial charge in [0.2, 0.25) is 0 Å². The van der Waals surface area contributed by atoms with E-state index in [0.29, 0.717) is 17.0 Å². The zero-order chi connectivity index (χ0) is 12.1. The lowest BCUT2D eigenvalue weighted by atomic mass is 10.1. The van der Waals surface area contributed by atoms with E-state index in [1.807, 2.05) is 20.8 Å². The molecule has 1 aromatic heterocycles. The Morgan fingerprint density at radius 1 is 1.56 bits per heavy atom. The second-order valence-electron chi connectivity index (χ2n) is 3.91. The van der Waals surface area contributed by atoms with Gasteiger partial charge in [0, 0.05) is 0 Å². The number of aliphatic hydroxyl groups is 1. The van der Waals surface area contributed by atoms with Crippen LogP contribution in [0.25, 0.3) is 0 Å². The molecule has 1 heterocycles. The summed E-state index contributed by atoms with van der Waals surface area (Å²) >= 11 is 1.09. The fraction of sp³-hybridized carbons (Fsp3) is 0.700. The Kier molecular flexibility index (Phi) is 4.82. The minimum Gasteiger partial charge on any atom is -0.394 e. The summed E-state index contributed by atoms with van der Waals surface area (Å²) < 4.78 is 3.76. The van der Waals surface area contributed by atoms with Gasteiger partial charge in [-0.15, -0.1) is 5.10 Å². The van der Waals surface area contributed by atoms with Gasteiger partial charge in [0.05, 0.1) is 18.3 Å². The fourth-order valence-electron chi connectivity index (χ4n) is 1.27. The van der Waals surface area contributed by atoms with E-state index in [1.54, 1.807) is 0 Å². The highest BCUT2D eigenvalue weighted by molar-refractivity contribution is 7.08. The van der Waals surface area contributed by atoms with Crippen LogP contribution in [0.1, 0.15) is 36.1 Å². The highest BCUT2D eigenvalue weighted by Gasteiger charge is 2.20. The first-order valence-electron chi connectivity index (χ1n) is 5.33. The van der Waals surface area contributed by atoms with E-state index < -0.39 is 0 Å². The van der Waals surface area contributed by atoms with Crippen molar-refractivity contribution in [2.24, 2.45) is 5.92 Å². The molecule has 0 radical (unpaired) electrons. The molecular weight excluding hydrogens is 226 g/mol. The molecule has 0 aliphatic heterocycles. The predicted molar refractivity (Wildman–Crippen MR) is 62.5 cm³/mol. The number of carbonyl (C=O) groups excluding carboxylic acids is 1. The van der Waals surface area contributed by atoms with Gasteiger partial charge in [-0.25, -0.2) is 0 Å². The van der Waals surface area contributed by atoms with Crippen LogP contribution in [0.4, 0.5) is 0 Å². The van der Waals surface area contributed by atoms with Gasteiger partial charge in [0.25, 0.3) is 5.91 Å². The number of aryl methyl sites for hydroxylation is 1. The first kappa shape index (κ1) is 13.1. The second-order valence-corrected chi connectivity index (χ2v) is 4.66. The Hall–Kier alpha value is -1.01. The lowest BCUT2D eigenvalue weighted by molar-refractivity contribution is 0.0900. The second kappa shape index (κ2) is 5.91. The van der Waals surface area contributed by atoms with Gasteiger partial charge in [-0.1, -0.05) is 25.3 Å². The average molecular weight is 243 g/mol. The fourth-order valence-corrected chi connectivity index (χ4v) is 1.92. The van der Waals surface area contributed by atoms with Crippen LogP contribution in [0.3, 0.4) is 0 Å². The third kappa shape index (κ3) is 2.99. The molecule has 1 rings (SSSR count). The van der Waals surface area contributed by atoms with Crippen molar-refractivity contribution in [3.05, 3.63) is 10.6 Å². The van der Waals surface area contributed by atoms with Crippen molar-refractivity contribution in [3.8, 4) is 0 Å². The molecule has 1 atom stereocenters. The van der Waals surface area contributed by atoms with E-state index in [1.165, 1.54) is 0 Å². The number of carbonyl (C=O) groups is 1. The first-order valence-corrected chi connectivity index (χ1v) is 6.10. The third-order valence-corrected chi connectivity index (χ3v) is 3.18. The first-order chi connectivity index (χ1) is 7.60. The van der Waals surface area contributed by atoms with Gasteiger partial charge in [-0.2, -0.15) is 0 Å². The Morgan fingerprint density at radius 2 is 2.25 bits per heavy atom. The smallest absolute Gasteiger partial charge is 0.265 e. The van der Waals surface area contributed by atoms with Crippen molar-refractivity contribution in [2.75, 3.05) is 6.61 Å². The van der Waals surface area contributed by atoms with E-state index >= 15 is 0 Å². The molecule has 16 heavy (non-hydrogen) atoms. The quantitative estimate of drug-likeness (QED) is 0.804. The SMILES string of the molecule is CCc1nnsc1C(=O)N[C@H](CO)C(C)C. The molecule has 0 spiro atoms. The molecule has 1 aromatic rings. The highest BCUT2D eigenvalue weighted by Crippen LogP contribution is 2.12. The Bertz CT molecular complexity index is 352. The number of hydrogen-bond donors (Lipinski definition) is 2. The number of nitrogens with zero attached hydrogens (tertiary/aromatic N) is 2. The molecule has 90 valence electrons. The number of hydrogen-bond acceptors (Lipinski definition) is 5. The molecule has 0 aliphatic rings. The summed E-state index contributed by atoms with van der Waals surface area (Å²) in [5.41, 5.74) is 0.711. The summed E-state index contributed by atoms with van der Waals surface area (Å²) in [6.07, 6.45) is 0.685. The number of nitrogens with one attached hydrogen (secondary N) is 1. The average Bonchev–Trinajstić information content (AvgIpc) is 2.72. The lowest BCUT2D eigenvalue weighted by Gasteiger charge is -2.19. The molecule has 1 amide bonds. The maximum atomic E-state index is 11.9. The van der Waals surface area contributed by atoms with Gasteiger partial charge < -0.3 is 10.4 Å². The molecule has 0 aliphatic carbocycles. The Morgan fingerprint density at radius 3 is 2.75 bits per heavy atom. The molecule has 2 N–H and O–H groups in total. The summed E-state index contributed by atoms with van der Waals surface area (Å²) in [5, 5.41) is 15.8. The van der Waals surface area contributed by atoms with Crippen molar-refractivity contribution in [1.82, 2.24) is 14.9 Å². The standard InChI is InChI=1S/C10H17N3O2S/c1-4-7-9(16-13-12-7)10(15)11-8(5-14)6(2)3/h6,8,14H,4-5H2,1-3H3,(H,11,15)/t8-/m1/s1. The molecule has 0 bridgehead atoms. The van der Waals surface area contributed by atoms with E-state index in [9.17, 15) is 4.79 Å². The summed E-state index contributed by atoms with van der Waals surface area (Å²) in [6.45, 7) is 5.77. The monoisotopic (exact) mass is 243 g/mol. The van der Waals surface area contributed by atoms with Crippen LogP contribution in [0, 0.1) is 5.92 Å². The van der Waals surface area contributed by atoms with Crippen LogP contribution in [0.2, 0.25) is 0 Å². The molecule has 6 heteroatoms. The van der Waals surface area contributed by atoms with Gasteiger partial charge in [-0.05, 0) is 23.9 Å². The summed E-state index contributed by atoms with van der Waals surface area (Å²) in [5.74, 6) is -0.000456. The minimum atomic E-state index is -0.223. The zero-order valence-corrected chi connectivity index (χ0v) is 10.5. The largest absolute Gasteiger partial charge is 0.394 e. The van der Waals surface area contributed by atoms with E-state index in [0.717, 1.165) is 11.5 Å². The minimum absolute atomic E-state index is 0.0584. The third-order valence-electron chi connectivity index (χ3n) is 2.41. The Labute approximate surface area is 99.0 Å². The Balaban J connectivity index is 2.71. The summed E-state index contributed by atoms with van der Waals surface area (Å²) in [7, 11) is 0. The number of amides is 1.